The number of ether oxygens (including phenoxy) is 4. The van der Waals surface area contributed by atoms with Gasteiger partial charge in [0, 0.05) is 131 Å². The van der Waals surface area contributed by atoms with Crippen LogP contribution in [0.3, 0.4) is 0 Å². The van der Waals surface area contributed by atoms with E-state index in [0.717, 1.165) is 0 Å². The molecule has 0 amide bonds. The van der Waals surface area contributed by atoms with Gasteiger partial charge in [-0.25, -0.2) is 0 Å². The van der Waals surface area contributed by atoms with E-state index in [4.69, 9.17) is 39.4 Å². The number of hydrogen-bond donors (Lipinski definition) is 4. The summed E-state index contributed by atoms with van der Waals surface area (Å²) in [4.78, 5) is 0. The topological polar surface area (TPSA) is 118 Å². The van der Waals surface area contributed by atoms with Gasteiger partial charge in [0.2, 0.25) is 0 Å². The molecule has 12 heteroatoms. The van der Waals surface area contributed by atoms with Crippen molar-refractivity contribution >= 4 is 0 Å². The van der Waals surface area contributed by atoms with E-state index in [1.165, 1.54) is 0 Å². The van der Waals surface area contributed by atoms with E-state index in [-0.39, 0.29) is 210 Å². The second kappa shape index (κ2) is 30.3. The molecule has 25 heavy (non-hydrogen) atoms. The van der Waals surface area contributed by atoms with Crippen LogP contribution < -0.4 is 0 Å². The molecule has 8 nitrogen and oxygen atoms in total. The van der Waals surface area contributed by atoms with E-state index < -0.39 is 5.41 Å². The van der Waals surface area contributed by atoms with Crippen LogP contribution in [-0.2, 0) is 150 Å². The molecule has 140 valence electrons. The summed E-state index contributed by atoms with van der Waals surface area (Å²) in [5.41, 5.74) is -0.630. The Morgan fingerprint density at radius 2 is 0.640 bits per heavy atom. The maximum Gasteiger partial charge on any atom is 0.0698 e. The Hall–Kier alpha value is 4.10. The zero-order valence-electron chi connectivity index (χ0n) is 14.7. The monoisotopic (exact) mass is 668 g/mol. The third kappa shape index (κ3) is 24.2. The first kappa shape index (κ1) is 39.6. The predicted molar refractivity (Wildman–Crippen MR) is 74.1 cm³/mol. The normalized spacial score (nSPS) is 10.1. The minimum Gasteiger partial charge on any atom is -0.394 e. The van der Waals surface area contributed by atoms with E-state index in [1.807, 2.05) is 0 Å². The molecule has 0 atom stereocenters. The zero-order chi connectivity index (χ0) is 15.8. The molecule has 0 bridgehead atoms. The minimum atomic E-state index is -0.630. The molecule has 0 fully saturated rings. The molecule has 0 spiro atoms. The Kier molecular flexibility index (Phi) is 47.9. The van der Waals surface area contributed by atoms with E-state index in [0.29, 0.717) is 0 Å². The van der Waals surface area contributed by atoms with E-state index in [1.54, 1.807) is 0 Å². The summed E-state index contributed by atoms with van der Waals surface area (Å²) in [5, 5.41) is 35.2. The molecule has 0 saturated heterocycles. The molecule has 0 aromatic rings. The van der Waals surface area contributed by atoms with Crippen LogP contribution in [0.1, 0.15) is 0 Å². The van der Waals surface area contributed by atoms with Crippen LogP contribution in [0.4, 0.5) is 0 Å². The Labute approximate surface area is 250 Å². The summed E-state index contributed by atoms with van der Waals surface area (Å²) in [7, 11) is 0. The standard InChI is InChI=1S/C13H28O8.4Y/c14-1-5-18-9-13(10-19-6-2-15,11-20-7-3-16)12-21-8-4-17;;;;/h14-17H,1-12H2;;;;. The van der Waals surface area contributed by atoms with Crippen molar-refractivity contribution in [2.24, 2.45) is 5.41 Å². The number of hydrogen-bond acceptors (Lipinski definition) is 8. The molecule has 0 aliphatic carbocycles. The number of aliphatic hydroxyl groups is 4. The van der Waals surface area contributed by atoms with Crippen molar-refractivity contribution in [3.63, 3.8) is 0 Å². The third-order valence-corrected chi connectivity index (χ3v) is 2.58. The van der Waals surface area contributed by atoms with Gasteiger partial charge in [0.05, 0.1) is 84.7 Å². The fourth-order valence-electron chi connectivity index (χ4n) is 1.66. The van der Waals surface area contributed by atoms with Crippen LogP contribution in [0, 0.1) is 5.41 Å². The molecule has 0 saturated carbocycles. The molecule has 0 aromatic heterocycles. The van der Waals surface area contributed by atoms with Crippen molar-refractivity contribution in [3.8, 4) is 0 Å². The maximum absolute atomic E-state index is 8.79. The van der Waals surface area contributed by atoms with Crippen molar-refractivity contribution in [2.45, 2.75) is 0 Å². The number of aliphatic hydroxyl groups excluding tert-OH is 4. The summed E-state index contributed by atoms with van der Waals surface area (Å²) in [5.74, 6) is 0. The SMILES string of the molecule is OCCOCC(COCCO)(COCCO)COCCO.[Y].[Y].[Y].[Y]. The van der Waals surface area contributed by atoms with E-state index >= 15 is 0 Å². The third-order valence-electron chi connectivity index (χ3n) is 2.58. The fourth-order valence-corrected chi connectivity index (χ4v) is 1.66. The Bertz CT molecular complexity index is 185. The molecular formula is C13H28O8Y4. The van der Waals surface area contributed by atoms with Crippen molar-refractivity contribution in [1.82, 2.24) is 0 Å². The van der Waals surface area contributed by atoms with Crippen molar-refractivity contribution in [3.05, 3.63) is 0 Å². The molecule has 4 N–H and O–H groups in total. The first-order chi connectivity index (χ1) is 10.2. The van der Waals surface area contributed by atoms with Gasteiger partial charge in [-0.05, 0) is 0 Å². The van der Waals surface area contributed by atoms with Gasteiger partial charge < -0.3 is 39.4 Å². The predicted octanol–water partition coefficient (Wildman–Crippen LogP) is -2.00. The van der Waals surface area contributed by atoms with Crippen LogP contribution in [0.25, 0.3) is 0 Å². The second-order valence-corrected chi connectivity index (χ2v) is 4.60. The van der Waals surface area contributed by atoms with Gasteiger partial charge in [-0.3, -0.25) is 0 Å². The molecule has 4 radical (unpaired) electrons. The molecular weight excluding hydrogens is 640 g/mol. The summed E-state index contributed by atoms with van der Waals surface area (Å²) < 4.78 is 21.5. The molecule has 0 aromatic carbocycles. The minimum absolute atomic E-state index is 0. The molecule has 0 heterocycles. The summed E-state index contributed by atoms with van der Waals surface area (Å²) in [6.07, 6.45) is 0. The molecule has 0 aliphatic heterocycles. The molecule has 0 unspecified atom stereocenters. The van der Waals surface area contributed by atoms with E-state index in [2.05, 4.69) is 0 Å². The Morgan fingerprint density at radius 1 is 0.440 bits per heavy atom. The smallest absolute Gasteiger partial charge is 0.0698 e. The Balaban J connectivity index is -0.000000333. The van der Waals surface area contributed by atoms with Gasteiger partial charge in [-0.2, -0.15) is 0 Å². The van der Waals surface area contributed by atoms with Crippen LogP contribution in [0.5, 0.6) is 0 Å². The van der Waals surface area contributed by atoms with Gasteiger partial charge in [0.25, 0.3) is 0 Å². The van der Waals surface area contributed by atoms with Gasteiger partial charge >= 0.3 is 0 Å². The van der Waals surface area contributed by atoms with Crippen LogP contribution in [0.2, 0.25) is 0 Å². The fraction of sp³-hybridized carbons (Fsp3) is 1.00. The van der Waals surface area contributed by atoms with Gasteiger partial charge in [-0.15, -0.1) is 0 Å². The van der Waals surface area contributed by atoms with Crippen LogP contribution >= 0.6 is 0 Å². The first-order valence-corrected chi connectivity index (χ1v) is 6.99. The number of rotatable bonds is 16. The van der Waals surface area contributed by atoms with Crippen molar-refractivity contribution < 1.29 is 170 Å². The largest absolute Gasteiger partial charge is 0.394 e. The molecule has 0 aliphatic rings. The first-order valence-electron chi connectivity index (χ1n) is 6.99. The average molecular weight is 668 g/mol. The summed E-state index contributed by atoms with van der Waals surface area (Å²) in [6, 6.07) is 0. The summed E-state index contributed by atoms with van der Waals surface area (Å²) in [6.45, 7) is 1.28. The van der Waals surface area contributed by atoms with Crippen LogP contribution in [0.15, 0.2) is 0 Å². The van der Waals surface area contributed by atoms with Crippen molar-refractivity contribution in [1.29, 1.82) is 0 Å². The maximum atomic E-state index is 8.79. The molecule has 0 rings (SSSR count). The van der Waals surface area contributed by atoms with Gasteiger partial charge in [0.15, 0.2) is 0 Å². The van der Waals surface area contributed by atoms with E-state index in [9.17, 15) is 0 Å². The van der Waals surface area contributed by atoms with Gasteiger partial charge in [-0.1, -0.05) is 0 Å². The zero-order valence-corrected chi connectivity index (χ0v) is 26.1. The van der Waals surface area contributed by atoms with Crippen molar-refractivity contribution in [2.75, 3.05) is 79.3 Å². The average Bonchev–Trinajstić information content (AvgIpc) is 2.48. The van der Waals surface area contributed by atoms with Crippen LogP contribution in [-0.4, -0.2) is 99.7 Å². The second-order valence-electron chi connectivity index (χ2n) is 4.60. The summed E-state index contributed by atoms with van der Waals surface area (Å²) >= 11 is 0. The quantitative estimate of drug-likeness (QED) is 0.140. The van der Waals surface area contributed by atoms with Gasteiger partial charge in [0.1, 0.15) is 0 Å². The Morgan fingerprint density at radius 3 is 0.800 bits per heavy atom.